The first-order valence-corrected chi connectivity index (χ1v) is 10.7. The van der Waals surface area contributed by atoms with Crippen LogP contribution in [-0.4, -0.2) is 60.0 Å². The van der Waals surface area contributed by atoms with Crippen molar-refractivity contribution in [1.82, 2.24) is 15.2 Å². The lowest BCUT2D eigenvalue weighted by atomic mass is 9.84. The SMILES string of the molecule is CCOc1nc(NCC(=O)N(C)C)c([N+](=O)[O-])cc1C(=O)NC(C)=C1CCC(C(F)(F)F)CC1. The number of alkyl halides is 3. The second kappa shape index (κ2) is 11.2. The Kier molecular flexibility index (Phi) is 8.82. The van der Waals surface area contributed by atoms with Gasteiger partial charge in [-0.2, -0.15) is 18.2 Å². The van der Waals surface area contributed by atoms with Gasteiger partial charge in [-0.05, 0) is 39.5 Å². The molecule has 0 atom stereocenters. The van der Waals surface area contributed by atoms with E-state index in [1.54, 1.807) is 13.8 Å². The Morgan fingerprint density at radius 2 is 1.91 bits per heavy atom. The molecule has 0 aliphatic heterocycles. The Morgan fingerprint density at radius 1 is 1.29 bits per heavy atom. The predicted molar refractivity (Wildman–Crippen MR) is 117 cm³/mol. The van der Waals surface area contributed by atoms with E-state index in [0.29, 0.717) is 11.3 Å². The number of allylic oxidation sites excluding steroid dienone is 2. The summed E-state index contributed by atoms with van der Waals surface area (Å²) in [6.45, 7) is 3.06. The molecule has 0 unspecified atom stereocenters. The van der Waals surface area contributed by atoms with Crippen molar-refractivity contribution < 1.29 is 32.4 Å². The molecule has 2 amide bonds. The third-order valence-corrected chi connectivity index (χ3v) is 5.48. The number of carbonyl (C=O) groups is 2. The van der Waals surface area contributed by atoms with Crippen molar-refractivity contribution in [2.24, 2.45) is 5.92 Å². The number of anilines is 1. The Balaban J connectivity index is 2.28. The van der Waals surface area contributed by atoms with Crippen LogP contribution in [-0.2, 0) is 4.79 Å². The van der Waals surface area contributed by atoms with E-state index in [2.05, 4.69) is 15.6 Å². The molecule has 1 fully saturated rings. The van der Waals surface area contributed by atoms with Crippen molar-refractivity contribution >= 4 is 23.3 Å². The molecule has 2 rings (SSSR count). The number of hydrogen-bond donors (Lipinski definition) is 2. The number of nitrogens with zero attached hydrogens (tertiary/aromatic N) is 3. The normalized spacial score (nSPS) is 16.0. The van der Waals surface area contributed by atoms with Gasteiger partial charge in [0.2, 0.25) is 17.6 Å². The van der Waals surface area contributed by atoms with Crippen LogP contribution >= 0.6 is 0 Å². The van der Waals surface area contributed by atoms with Crippen LogP contribution in [0.1, 0.15) is 49.9 Å². The van der Waals surface area contributed by atoms with E-state index < -0.39 is 28.6 Å². The van der Waals surface area contributed by atoms with Gasteiger partial charge in [0, 0.05) is 25.9 Å². The van der Waals surface area contributed by atoms with Crippen LogP contribution in [0.2, 0.25) is 0 Å². The van der Waals surface area contributed by atoms with Gasteiger partial charge >= 0.3 is 11.9 Å². The standard InChI is InChI=1S/C21H28F3N5O5/c1-5-34-20-15(10-16(29(32)33)18(27-20)25-11-17(30)28(3)4)19(31)26-12(2)13-6-8-14(9-7-13)21(22,23)24/h10,14H,5-9,11H2,1-4H3,(H,25,27)(H,26,31). The molecule has 1 saturated carbocycles. The number of nitro groups is 1. The summed E-state index contributed by atoms with van der Waals surface area (Å²) in [5, 5.41) is 16.8. The van der Waals surface area contributed by atoms with Gasteiger partial charge in [-0.15, -0.1) is 0 Å². The van der Waals surface area contributed by atoms with Gasteiger partial charge < -0.3 is 20.3 Å². The monoisotopic (exact) mass is 487 g/mol. The maximum absolute atomic E-state index is 12.9. The number of carbonyl (C=O) groups excluding carboxylic acids is 2. The minimum atomic E-state index is -4.24. The topological polar surface area (TPSA) is 127 Å². The molecule has 0 aromatic carbocycles. The van der Waals surface area contributed by atoms with Crippen LogP contribution in [0.3, 0.4) is 0 Å². The number of amides is 2. The number of ether oxygens (including phenoxy) is 1. The largest absolute Gasteiger partial charge is 0.477 e. The summed E-state index contributed by atoms with van der Waals surface area (Å²) in [5.41, 5.74) is 0.349. The number of likely N-dealkylation sites (N-methyl/N-ethyl adjacent to an activating group) is 1. The molecule has 1 heterocycles. The lowest BCUT2D eigenvalue weighted by molar-refractivity contribution is -0.384. The Morgan fingerprint density at radius 3 is 2.41 bits per heavy atom. The van der Waals surface area contributed by atoms with E-state index in [9.17, 15) is 32.9 Å². The van der Waals surface area contributed by atoms with Crippen LogP contribution in [0.4, 0.5) is 24.7 Å². The second-order valence-electron chi connectivity index (χ2n) is 8.04. The van der Waals surface area contributed by atoms with Gasteiger partial charge in [0.1, 0.15) is 5.56 Å². The van der Waals surface area contributed by atoms with Gasteiger partial charge in [-0.1, -0.05) is 5.57 Å². The molecule has 34 heavy (non-hydrogen) atoms. The summed E-state index contributed by atoms with van der Waals surface area (Å²) in [5.74, 6) is -2.86. The smallest absolute Gasteiger partial charge is 0.391 e. The van der Waals surface area contributed by atoms with Gasteiger partial charge in [0.25, 0.3) is 5.91 Å². The van der Waals surface area contributed by atoms with Crippen molar-refractivity contribution in [3.8, 4) is 5.88 Å². The zero-order valence-corrected chi connectivity index (χ0v) is 19.4. The molecule has 2 N–H and O–H groups in total. The minimum Gasteiger partial charge on any atom is -0.477 e. The minimum absolute atomic E-state index is 0.0602. The molecule has 1 aromatic heterocycles. The second-order valence-corrected chi connectivity index (χ2v) is 8.04. The molecule has 1 aromatic rings. The molecule has 1 aliphatic rings. The van der Waals surface area contributed by atoms with E-state index in [0.717, 1.165) is 6.07 Å². The van der Waals surface area contributed by atoms with E-state index >= 15 is 0 Å². The Labute approximate surface area is 194 Å². The van der Waals surface area contributed by atoms with Gasteiger partial charge in [-0.3, -0.25) is 19.7 Å². The van der Waals surface area contributed by atoms with E-state index in [1.807, 2.05) is 0 Å². The first-order valence-electron chi connectivity index (χ1n) is 10.7. The first kappa shape index (κ1) is 26.9. The number of rotatable bonds is 8. The molecule has 188 valence electrons. The maximum Gasteiger partial charge on any atom is 0.391 e. The highest BCUT2D eigenvalue weighted by molar-refractivity contribution is 5.98. The number of aromatic nitrogens is 1. The highest BCUT2D eigenvalue weighted by Gasteiger charge is 2.40. The van der Waals surface area contributed by atoms with Crippen LogP contribution in [0.15, 0.2) is 17.3 Å². The molecule has 13 heteroatoms. The van der Waals surface area contributed by atoms with E-state index in [4.69, 9.17) is 4.74 Å². The van der Waals surface area contributed by atoms with Crippen LogP contribution in [0, 0.1) is 16.0 Å². The Bertz CT molecular complexity index is 968. The number of pyridine rings is 1. The summed E-state index contributed by atoms with van der Waals surface area (Å²) in [6, 6.07) is 0.994. The maximum atomic E-state index is 12.9. The third kappa shape index (κ3) is 6.81. The molecule has 0 bridgehead atoms. The van der Waals surface area contributed by atoms with Crippen molar-refractivity contribution in [2.45, 2.75) is 45.7 Å². The zero-order valence-electron chi connectivity index (χ0n) is 19.4. The molecule has 0 saturated heterocycles. The molecular weight excluding hydrogens is 459 g/mol. The van der Waals surface area contributed by atoms with E-state index in [-0.39, 0.29) is 62.0 Å². The van der Waals surface area contributed by atoms with Crippen molar-refractivity contribution in [3.63, 3.8) is 0 Å². The lowest BCUT2D eigenvalue weighted by Gasteiger charge is -2.27. The van der Waals surface area contributed by atoms with E-state index in [1.165, 1.54) is 19.0 Å². The highest BCUT2D eigenvalue weighted by atomic mass is 19.4. The lowest BCUT2D eigenvalue weighted by Crippen LogP contribution is -2.29. The fourth-order valence-electron chi connectivity index (χ4n) is 3.48. The third-order valence-electron chi connectivity index (χ3n) is 5.48. The van der Waals surface area contributed by atoms with Crippen LogP contribution in [0.5, 0.6) is 5.88 Å². The summed E-state index contributed by atoms with van der Waals surface area (Å²) >= 11 is 0. The average Bonchev–Trinajstić information content (AvgIpc) is 2.76. The van der Waals surface area contributed by atoms with Crippen molar-refractivity contribution in [3.05, 3.63) is 33.0 Å². The van der Waals surface area contributed by atoms with Gasteiger partial charge in [-0.25, -0.2) is 0 Å². The molecule has 1 aliphatic carbocycles. The van der Waals surface area contributed by atoms with Crippen molar-refractivity contribution in [2.75, 3.05) is 32.6 Å². The fourth-order valence-corrected chi connectivity index (χ4v) is 3.48. The fraction of sp³-hybridized carbons (Fsp3) is 0.571. The summed E-state index contributed by atoms with van der Waals surface area (Å²) in [6.07, 6.45) is -3.98. The van der Waals surface area contributed by atoms with Crippen molar-refractivity contribution in [1.29, 1.82) is 0 Å². The number of nitrogens with one attached hydrogen (secondary N) is 2. The molecule has 0 radical (unpaired) electrons. The van der Waals surface area contributed by atoms with Crippen LogP contribution in [0.25, 0.3) is 0 Å². The predicted octanol–water partition coefficient (Wildman–Crippen LogP) is 3.64. The Hall–Kier alpha value is -3.38. The molecule has 0 spiro atoms. The number of halogens is 3. The van der Waals surface area contributed by atoms with Crippen LogP contribution < -0.4 is 15.4 Å². The zero-order chi connectivity index (χ0) is 25.6. The summed E-state index contributed by atoms with van der Waals surface area (Å²) < 4.78 is 44.1. The quantitative estimate of drug-likeness (QED) is 0.423. The van der Waals surface area contributed by atoms with Gasteiger partial charge in [0.15, 0.2) is 0 Å². The number of hydrogen-bond acceptors (Lipinski definition) is 7. The summed E-state index contributed by atoms with van der Waals surface area (Å²) in [7, 11) is 3.05. The molecular formula is C21H28F3N5O5. The highest BCUT2D eigenvalue weighted by Crippen LogP contribution is 2.40. The molecule has 10 nitrogen and oxygen atoms in total. The van der Waals surface area contributed by atoms with Gasteiger partial charge in [0.05, 0.1) is 24.0 Å². The summed E-state index contributed by atoms with van der Waals surface area (Å²) in [4.78, 5) is 40.9. The average molecular weight is 487 g/mol. The first-order chi connectivity index (χ1) is 15.8.